The van der Waals surface area contributed by atoms with E-state index in [-0.39, 0.29) is 0 Å². The highest BCUT2D eigenvalue weighted by atomic mass is 127. The standard InChI is InChI=1S/C18H17IN2/c19-12-5-3-6-13(11-12)20-17-10-4-8-15-14-7-1-2-9-16(14)21-18(15)17/h1-3,5-7,9,11,17,20-21H,4,8,10H2. The Morgan fingerprint density at radius 3 is 2.90 bits per heavy atom. The van der Waals surface area contributed by atoms with Crippen LogP contribution in [0.3, 0.4) is 0 Å². The molecule has 2 aromatic carbocycles. The summed E-state index contributed by atoms with van der Waals surface area (Å²) in [5.41, 5.74) is 5.35. The van der Waals surface area contributed by atoms with Crippen molar-refractivity contribution in [1.82, 2.24) is 4.98 Å². The molecule has 1 unspecified atom stereocenters. The van der Waals surface area contributed by atoms with Gasteiger partial charge in [0.2, 0.25) is 0 Å². The van der Waals surface area contributed by atoms with E-state index >= 15 is 0 Å². The third kappa shape index (κ3) is 2.44. The van der Waals surface area contributed by atoms with Gasteiger partial charge in [0.1, 0.15) is 0 Å². The summed E-state index contributed by atoms with van der Waals surface area (Å²) in [6.07, 6.45) is 3.62. The van der Waals surface area contributed by atoms with E-state index in [1.54, 1.807) is 0 Å². The molecular formula is C18H17IN2. The second-order valence-corrected chi connectivity index (χ2v) is 6.91. The number of benzene rings is 2. The summed E-state index contributed by atoms with van der Waals surface area (Å²) in [7, 11) is 0. The molecule has 0 saturated carbocycles. The zero-order chi connectivity index (χ0) is 14.2. The molecule has 3 heteroatoms. The first-order valence-corrected chi connectivity index (χ1v) is 8.51. The van der Waals surface area contributed by atoms with Crippen LogP contribution in [0.5, 0.6) is 0 Å². The fourth-order valence-corrected chi connectivity index (χ4v) is 3.88. The molecule has 1 aromatic heterocycles. The molecule has 1 aliphatic rings. The Morgan fingerprint density at radius 2 is 2.00 bits per heavy atom. The van der Waals surface area contributed by atoms with E-state index in [1.165, 1.54) is 50.7 Å². The Balaban J connectivity index is 1.73. The quantitative estimate of drug-likeness (QED) is 0.576. The van der Waals surface area contributed by atoms with Crippen molar-refractivity contribution in [1.29, 1.82) is 0 Å². The molecular weight excluding hydrogens is 371 g/mol. The SMILES string of the molecule is Ic1cccc(NC2CCCc3c2[nH]c2ccccc32)c1. The van der Waals surface area contributed by atoms with E-state index in [4.69, 9.17) is 0 Å². The molecule has 1 atom stereocenters. The normalized spacial score (nSPS) is 17.7. The summed E-state index contributed by atoms with van der Waals surface area (Å²) in [5, 5.41) is 5.09. The lowest BCUT2D eigenvalue weighted by Crippen LogP contribution is -2.17. The van der Waals surface area contributed by atoms with Gasteiger partial charge in [0, 0.05) is 25.9 Å². The third-order valence-electron chi connectivity index (χ3n) is 4.28. The topological polar surface area (TPSA) is 27.8 Å². The molecule has 0 fully saturated rings. The van der Waals surface area contributed by atoms with E-state index in [1.807, 2.05) is 0 Å². The molecule has 3 aromatic rings. The zero-order valence-electron chi connectivity index (χ0n) is 11.7. The summed E-state index contributed by atoms with van der Waals surface area (Å²) in [4.78, 5) is 3.64. The Kier molecular flexibility index (Phi) is 3.37. The van der Waals surface area contributed by atoms with Crippen LogP contribution in [-0.2, 0) is 6.42 Å². The van der Waals surface area contributed by atoms with E-state index < -0.39 is 0 Å². The highest BCUT2D eigenvalue weighted by molar-refractivity contribution is 14.1. The van der Waals surface area contributed by atoms with E-state index in [9.17, 15) is 0 Å². The van der Waals surface area contributed by atoms with Crippen LogP contribution >= 0.6 is 22.6 Å². The second-order valence-electron chi connectivity index (χ2n) is 5.66. The molecule has 2 N–H and O–H groups in total. The number of aromatic nitrogens is 1. The molecule has 0 radical (unpaired) electrons. The number of aromatic amines is 1. The predicted molar refractivity (Wildman–Crippen MR) is 96.8 cm³/mol. The minimum Gasteiger partial charge on any atom is -0.377 e. The zero-order valence-corrected chi connectivity index (χ0v) is 13.9. The first-order valence-electron chi connectivity index (χ1n) is 7.43. The Morgan fingerprint density at radius 1 is 1.10 bits per heavy atom. The number of hydrogen-bond acceptors (Lipinski definition) is 1. The van der Waals surface area contributed by atoms with Gasteiger partial charge in [-0.2, -0.15) is 0 Å². The number of nitrogens with one attached hydrogen (secondary N) is 2. The van der Waals surface area contributed by atoms with Crippen LogP contribution in [0.25, 0.3) is 10.9 Å². The van der Waals surface area contributed by atoms with Crippen LogP contribution in [0.4, 0.5) is 5.69 Å². The average molecular weight is 388 g/mol. The molecule has 4 rings (SSSR count). The van der Waals surface area contributed by atoms with Gasteiger partial charge in [-0.05, 0) is 71.7 Å². The maximum atomic E-state index is 3.70. The van der Waals surface area contributed by atoms with Crippen molar-refractivity contribution in [2.75, 3.05) is 5.32 Å². The number of rotatable bonds is 2. The maximum absolute atomic E-state index is 3.70. The van der Waals surface area contributed by atoms with Gasteiger partial charge in [0.25, 0.3) is 0 Å². The van der Waals surface area contributed by atoms with Gasteiger partial charge in [0.05, 0.1) is 6.04 Å². The lowest BCUT2D eigenvalue weighted by atomic mass is 9.91. The second kappa shape index (κ2) is 5.37. The van der Waals surface area contributed by atoms with Crippen LogP contribution in [0, 0.1) is 3.57 Å². The van der Waals surface area contributed by atoms with E-state index in [0.717, 1.165) is 0 Å². The Labute approximate surface area is 138 Å². The molecule has 0 aliphatic heterocycles. The highest BCUT2D eigenvalue weighted by Gasteiger charge is 2.23. The van der Waals surface area contributed by atoms with Crippen molar-refractivity contribution in [2.24, 2.45) is 0 Å². The van der Waals surface area contributed by atoms with Crippen LogP contribution < -0.4 is 5.32 Å². The molecule has 0 bridgehead atoms. The molecule has 1 heterocycles. The lowest BCUT2D eigenvalue weighted by Gasteiger charge is -2.25. The van der Waals surface area contributed by atoms with Crippen molar-refractivity contribution in [2.45, 2.75) is 25.3 Å². The van der Waals surface area contributed by atoms with Crippen molar-refractivity contribution >= 4 is 39.2 Å². The molecule has 0 saturated heterocycles. The largest absolute Gasteiger partial charge is 0.377 e. The average Bonchev–Trinajstić information content (AvgIpc) is 2.87. The molecule has 0 amide bonds. The van der Waals surface area contributed by atoms with E-state index in [0.29, 0.717) is 6.04 Å². The predicted octanol–water partition coefficient (Wildman–Crippen LogP) is 5.26. The monoisotopic (exact) mass is 388 g/mol. The fourth-order valence-electron chi connectivity index (χ4n) is 3.34. The van der Waals surface area contributed by atoms with Crippen molar-refractivity contribution in [3.63, 3.8) is 0 Å². The number of anilines is 1. The van der Waals surface area contributed by atoms with Crippen molar-refractivity contribution in [3.8, 4) is 0 Å². The van der Waals surface area contributed by atoms with Crippen LogP contribution in [0.1, 0.15) is 30.1 Å². The van der Waals surface area contributed by atoms with Crippen LogP contribution in [0.2, 0.25) is 0 Å². The summed E-state index contributed by atoms with van der Waals surface area (Å²) in [6.45, 7) is 0. The fraction of sp³-hybridized carbons (Fsp3) is 0.222. The number of aryl methyl sites for hydroxylation is 1. The smallest absolute Gasteiger partial charge is 0.0666 e. The lowest BCUT2D eigenvalue weighted by molar-refractivity contribution is 0.593. The molecule has 21 heavy (non-hydrogen) atoms. The summed E-state index contributed by atoms with van der Waals surface area (Å²) in [5.74, 6) is 0. The van der Waals surface area contributed by atoms with Gasteiger partial charge >= 0.3 is 0 Å². The van der Waals surface area contributed by atoms with E-state index in [2.05, 4.69) is 81.4 Å². The van der Waals surface area contributed by atoms with Crippen LogP contribution in [0.15, 0.2) is 48.5 Å². The third-order valence-corrected chi connectivity index (χ3v) is 4.95. The first kappa shape index (κ1) is 13.2. The minimum absolute atomic E-state index is 0.388. The van der Waals surface area contributed by atoms with Gasteiger partial charge in [-0.25, -0.2) is 0 Å². The Hall–Kier alpha value is -1.49. The van der Waals surface area contributed by atoms with Crippen molar-refractivity contribution < 1.29 is 0 Å². The summed E-state index contributed by atoms with van der Waals surface area (Å²) in [6, 6.07) is 17.6. The summed E-state index contributed by atoms with van der Waals surface area (Å²) < 4.78 is 1.27. The van der Waals surface area contributed by atoms with Gasteiger partial charge in [0.15, 0.2) is 0 Å². The highest BCUT2D eigenvalue weighted by Crippen LogP contribution is 2.36. The molecule has 0 spiro atoms. The minimum atomic E-state index is 0.388. The summed E-state index contributed by atoms with van der Waals surface area (Å²) >= 11 is 2.36. The van der Waals surface area contributed by atoms with Gasteiger partial charge in [-0.15, -0.1) is 0 Å². The van der Waals surface area contributed by atoms with Gasteiger partial charge in [-0.1, -0.05) is 24.3 Å². The number of fused-ring (bicyclic) bond motifs is 3. The first-order chi connectivity index (χ1) is 10.3. The number of halogens is 1. The van der Waals surface area contributed by atoms with Gasteiger partial charge < -0.3 is 10.3 Å². The molecule has 2 nitrogen and oxygen atoms in total. The molecule has 106 valence electrons. The Bertz CT molecular complexity index is 791. The van der Waals surface area contributed by atoms with Crippen LogP contribution in [-0.4, -0.2) is 4.98 Å². The van der Waals surface area contributed by atoms with Crippen molar-refractivity contribution in [3.05, 3.63) is 63.4 Å². The molecule has 1 aliphatic carbocycles. The maximum Gasteiger partial charge on any atom is 0.0666 e. The number of para-hydroxylation sites is 1. The number of H-pyrrole nitrogens is 1. The number of hydrogen-bond donors (Lipinski definition) is 2. The van der Waals surface area contributed by atoms with Gasteiger partial charge in [-0.3, -0.25) is 0 Å².